The number of rotatable bonds is 8. The van der Waals surface area contributed by atoms with Gasteiger partial charge in [-0.25, -0.2) is 0 Å². The summed E-state index contributed by atoms with van der Waals surface area (Å²) in [6, 6.07) is 0. The highest BCUT2D eigenvalue weighted by Gasteiger charge is 2.31. The largest absolute Gasteiger partial charge is 0.465 e. The lowest BCUT2D eigenvalue weighted by Crippen LogP contribution is -2.54. The van der Waals surface area contributed by atoms with Gasteiger partial charge in [0.25, 0.3) is 0 Å². The minimum Gasteiger partial charge on any atom is -0.465 e. The molecule has 0 saturated carbocycles. The van der Waals surface area contributed by atoms with Crippen molar-refractivity contribution in [2.75, 3.05) is 40.5 Å². The fourth-order valence-corrected chi connectivity index (χ4v) is 1.32. The maximum atomic E-state index is 12.2. The number of carbonyl (C=O) groups is 2. The zero-order valence-corrected chi connectivity index (χ0v) is 11.9. The van der Waals surface area contributed by atoms with Crippen molar-refractivity contribution in [1.82, 2.24) is 10.2 Å². The molecule has 0 aliphatic heterocycles. The predicted molar refractivity (Wildman–Crippen MR) is 68.2 cm³/mol. The second-order valence-electron chi connectivity index (χ2n) is 4.40. The molecule has 1 N–H and O–H groups in total. The van der Waals surface area contributed by atoms with E-state index in [4.69, 9.17) is 9.47 Å². The molecule has 0 aromatic heterocycles. The molecule has 6 nitrogen and oxygen atoms in total. The van der Waals surface area contributed by atoms with E-state index in [0.29, 0.717) is 19.8 Å². The smallest absolute Gasteiger partial charge is 0.325 e. The van der Waals surface area contributed by atoms with Crippen LogP contribution in [-0.2, 0) is 19.1 Å². The maximum Gasteiger partial charge on any atom is 0.325 e. The summed E-state index contributed by atoms with van der Waals surface area (Å²) >= 11 is 0. The quantitative estimate of drug-likeness (QED) is 0.623. The van der Waals surface area contributed by atoms with E-state index in [1.165, 1.54) is 4.90 Å². The summed E-state index contributed by atoms with van der Waals surface area (Å²) in [5.74, 6) is -0.566. The van der Waals surface area contributed by atoms with Crippen molar-refractivity contribution < 1.29 is 19.1 Å². The second-order valence-corrected chi connectivity index (χ2v) is 4.40. The standard InChI is InChI=1S/C12H24N2O4/c1-6-18-10(15)9-14(7-8-17-5)11(16)12(2,3)13-4/h13H,6-9H2,1-5H3. The van der Waals surface area contributed by atoms with Crippen LogP contribution in [0.25, 0.3) is 0 Å². The molecule has 106 valence electrons. The molecule has 0 heterocycles. The number of carbonyl (C=O) groups excluding carboxylic acids is 2. The Morgan fingerprint density at radius 3 is 2.39 bits per heavy atom. The van der Waals surface area contributed by atoms with Gasteiger partial charge in [-0.2, -0.15) is 0 Å². The number of hydrogen-bond donors (Lipinski definition) is 1. The summed E-state index contributed by atoms with van der Waals surface area (Å²) in [6.07, 6.45) is 0. The van der Waals surface area contributed by atoms with Crippen LogP contribution in [0.3, 0.4) is 0 Å². The topological polar surface area (TPSA) is 67.9 Å². The Bertz CT molecular complexity index is 279. The first-order valence-electron chi connectivity index (χ1n) is 6.01. The molecule has 18 heavy (non-hydrogen) atoms. The van der Waals surface area contributed by atoms with Gasteiger partial charge >= 0.3 is 5.97 Å². The van der Waals surface area contributed by atoms with Crippen molar-refractivity contribution in [2.45, 2.75) is 26.3 Å². The summed E-state index contributed by atoms with van der Waals surface area (Å²) in [5, 5.41) is 2.92. The average Bonchev–Trinajstić information content (AvgIpc) is 2.33. The molecule has 0 fully saturated rings. The molecule has 0 aromatic carbocycles. The van der Waals surface area contributed by atoms with Crippen molar-refractivity contribution in [3.63, 3.8) is 0 Å². The first-order valence-corrected chi connectivity index (χ1v) is 6.01. The van der Waals surface area contributed by atoms with E-state index in [1.807, 2.05) is 0 Å². The number of nitrogens with zero attached hydrogens (tertiary/aromatic N) is 1. The first kappa shape index (κ1) is 16.9. The molecule has 6 heteroatoms. The van der Waals surface area contributed by atoms with Crippen LogP contribution < -0.4 is 5.32 Å². The first-order chi connectivity index (χ1) is 8.38. The van der Waals surface area contributed by atoms with Crippen LogP contribution in [-0.4, -0.2) is 62.8 Å². The lowest BCUT2D eigenvalue weighted by atomic mass is 10.0. The summed E-state index contributed by atoms with van der Waals surface area (Å²) in [4.78, 5) is 25.1. The summed E-state index contributed by atoms with van der Waals surface area (Å²) in [6.45, 7) is 6.25. The molecule has 1 amide bonds. The summed E-state index contributed by atoms with van der Waals surface area (Å²) in [5.41, 5.74) is -0.722. The van der Waals surface area contributed by atoms with Gasteiger partial charge in [-0.05, 0) is 27.8 Å². The molecule has 0 saturated heterocycles. The van der Waals surface area contributed by atoms with Crippen LogP contribution >= 0.6 is 0 Å². The van der Waals surface area contributed by atoms with E-state index in [-0.39, 0.29) is 12.5 Å². The zero-order valence-electron chi connectivity index (χ0n) is 11.9. The van der Waals surface area contributed by atoms with Crippen LogP contribution in [0, 0.1) is 0 Å². The van der Waals surface area contributed by atoms with Crippen LogP contribution in [0.15, 0.2) is 0 Å². The monoisotopic (exact) mass is 260 g/mol. The molecule has 0 aliphatic rings. The number of hydrogen-bond acceptors (Lipinski definition) is 5. The Morgan fingerprint density at radius 2 is 1.94 bits per heavy atom. The Labute approximate surface area is 109 Å². The van der Waals surface area contributed by atoms with Gasteiger partial charge in [0.15, 0.2) is 0 Å². The normalized spacial score (nSPS) is 11.2. The Hall–Kier alpha value is -1.14. The molecule has 0 spiro atoms. The Balaban J connectivity index is 4.66. The third-order valence-electron chi connectivity index (χ3n) is 2.64. The number of esters is 1. The zero-order chi connectivity index (χ0) is 14.2. The van der Waals surface area contributed by atoms with Crippen molar-refractivity contribution in [1.29, 1.82) is 0 Å². The third kappa shape index (κ3) is 5.46. The third-order valence-corrected chi connectivity index (χ3v) is 2.64. The highest BCUT2D eigenvalue weighted by Crippen LogP contribution is 2.07. The molecular weight excluding hydrogens is 236 g/mol. The van der Waals surface area contributed by atoms with Crippen molar-refractivity contribution >= 4 is 11.9 Å². The van der Waals surface area contributed by atoms with Gasteiger partial charge in [-0.15, -0.1) is 0 Å². The molecular formula is C12H24N2O4. The lowest BCUT2D eigenvalue weighted by Gasteiger charge is -2.30. The fourth-order valence-electron chi connectivity index (χ4n) is 1.32. The van der Waals surface area contributed by atoms with E-state index in [1.54, 1.807) is 34.9 Å². The van der Waals surface area contributed by atoms with Crippen molar-refractivity contribution in [3.8, 4) is 0 Å². The molecule has 0 aliphatic carbocycles. The maximum absolute atomic E-state index is 12.2. The second kappa shape index (κ2) is 8.05. The lowest BCUT2D eigenvalue weighted by molar-refractivity contribution is -0.151. The molecule has 0 unspecified atom stereocenters. The summed E-state index contributed by atoms with van der Waals surface area (Å²) in [7, 11) is 3.26. The highest BCUT2D eigenvalue weighted by molar-refractivity contribution is 5.88. The Kier molecular flexibility index (Phi) is 7.54. The van der Waals surface area contributed by atoms with Gasteiger partial charge in [-0.3, -0.25) is 9.59 Å². The highest BCUT2D eigenvalue weighted by atomic mass is 16.5. The van der Waals surface area contributed by atoms with Crippen LogP contribution in [0.1, 0.15) is 20.8 Å². The van der Waals surface area contributed by atoms with Crippen LogP contribution in [0.4, 0.5) is 0 Å². The molecule has 0 atom stereocenters. The van der Waals surface area contributed by atoms with Gasteiger partial charge in [0.2, 0.25) is 5.91 Å². The number of methoxy groups -OCH3 is 1. The Morgan fingerprint density at radius 1 is 1.33 bits per heavy atom. The summed E-state index contributed by atoms with van der Waals surface area (Å²) < 4.78 is 9.80. The number of nitrogens with one attached hydrogen (secondary N) is 1. The number of ether oxygens (including phenoxy) is 2. The SMILES string of the molecule is CCOC(=O)CN(CCOC)C(=O)C(C)(C)NC. The molecule has 0 radical (unpaired) electrons. The van der Waals surface area contributed by atoms with Gasteiger partial charge in [0.05, 0.1) is 18.8 Å². The average molecular weight is 260 g/mol. The van der Waals surface area contributed by atoms with E-state index in [2.05, 4.69) is 5.32 Å². The van der Waals surface area contributed by atoms with E-state index >= 15 is 0 Å². The molecule has 0 bridgehead atoms. The van der Waals surface area contributed by atoms with Crippen molar-refractivity contribution in [3.05, 3.63) is 0 Å². The van der Waals surface area contributed by atoms with Crippen LogP contribution in [0.2, 0.25) is 0 Å². The molecule has 0 rings (SSSR count). The van der Waals surface area contributed by atoms with Crippen LogP contribution in [0.5, 0.6) is 0 Å². The molecule has 0 aromatic rings. The number of likely N-dealkylation sites (N-methyl/N-ethyl adjacent to an activating group) is 1. The minimum atomic E-state index is -0.722. The predicted octanol–water partition coefficient (Wildman–Crippen LogP) is 0.0225. The van der Waals surface area contributed by atoms with Gasteiger partial charge < -0.3 is 19.7 Å². The van der Waals surface area contributed by atoms with Gasteiger partial charge in [0, 0.05) is 13.7 Å². The van der Waals surface area contributed by atoms with E-state index < -0.39 is 11.5 Å². The fraction of sp³-hybridized carbons (Fsp3) is 0.833. The van der Waals surface area contributed by atoms with Crippen molar-refractivity contribution in [2.24, 2.45) is 0 Å². The van der Waals surface area contributed by atoms with Gasteiger partial charge in [0.1, 0.15) is 6.54 Å². The van der Waals surface area contributed by atoms with E-state index in [0.717, 1.165) is 0 Å². The van der Waals surface area contributed by atoms with E-state index in [9.17, 15) is 9.59 Å². The van der Waals surface area contributed by atoms with Gasteiger partial charge in [-0.1, -0.05) is 0 Å². The number of amides is 1. The minimum absolute atomic E-state index is 0.0544.